The van der Waals surface area contributed by atoms with E-state index < -0.39 is 0 Å². The summed E-state index contributed by atoms with van der Waals surface area (Å²) in [6.45, 7) is 0.554. The van der Waals surface area contributed by atoms with Gasteiger partial charge in [-0.1, -0.05) is 0 Å². The van der Waals surface area contributed by atoms with Gasteiger partial charge in [-0.05, 0) is 6.07 Å². The quantitative estimate of drug-likeness (QED) is 0.593. The van der Waals surface area contributed by atoms with Crippen molar-refractivity contribution in [3.8, 4) is 0 Å². The van der Waals surface area contributed by atoms with Gasteiger partial charge in [-0.3, -0.25) is 9.59 Å². The molecule has 0 saturated carbocycles. The highest BCUT2D eigenvalue weighted by atomic mass is 16.3. The molecule has 4 heteroatoms. The van der Waals surface area contributed by atoms with Crippen molar-refractivity contribution in [2.75, 3.05) is 18.0 Å². The number of piperidine rings is 1. The topological polar surface area (TPSA) is 50.5 Å². The van der Waals surface area contributed by atoms with Crippen LogP contribution in [0.3, 0.4) is 0 Å². The van der Waals surface area contributed by atoms with E-state index in [1.165, 1.54) is 6.26 Å². The minimum absolute atomic E-state index is 0.0485. The van der Waals surface area contributed by atoms with Crippen LogP contribution in [0.4, 0.5) is 5.88 Å². The molecule has 0 aliphatic carbocycles. The molecule has 0 bridgehead atoms. The lowest BCUT2D eigenvalue weighted by Gasteiger charge is -2.23. The molecule has 0 aromatic carbocycles. The summed E-state index contributed by atoms with van der Waals surface area (Å²) < 4.78 is 5.09. The molecule has 0 spiro atoms. The third kappa shape index (κ3) is 1.61. The maximum absolute atomic E-state index is 11.1. The Hall–Kier alpha value is -1.58. The van der Waals surface area contributed by atoms with Crippen LogP contribution in [0.25, 0.3) is 0 Å². The summed E-state index contributed by atoms with van der Waals surface area (Å²) in [5.41, 5.74) is 0. The van der Waals surface area contributed by atoms with Crippen LogP contribution in [0, 0.1) is 0 Å². The molecule has 1 aliphatic rings. The molecule has 1 fully saturated rings. The molecule has 0 N–H and O–H groups in total. The summed E-state index contributed by atoms with van der Waals surface area (Å²) in [5, 5.41) is 0. The number of carbonyl (C=O) groups is 2. The number of anilines is 1. The van der Waals surface area contributed by atoms with Crippen molar-refractivity contribution in [3.05, 3.63) is 18.4 Å². The Morgan fingerprint density at radius 2 is 1.92 bits per heavy atom. The first-order chi connectivity index (χ1) is 6.25. The maximum Gasteiger partial charge on any atom is 0.195 e. The monoisotopic (exact) mass is 179 g/mol. The maximum atomic E-state index is 11.1. The first kappa shape index (κ1) is 8.04. The Morgan fingerprint density at radius 3 is 2.46 bits per heavy atom. The summed E-state index contributed by atoms with van der Waals surface area (Å²) in [5.74, 6) is 0.488. The van der Waals surface area contributed by atoms with Gasteiger partial charge in [0.1, 0.15) is 0 Å². The molecule has 4 nitrogen and oxygen atoms in total. The molecule has 1 saturated heterocycles. The van der Waals surface area contributed by atoms with Crippen molar-refractivity contribution >= 4 is 17.5 Å². The Kier molecular flexibility index (Phi) is 1.88. The molecule has 0 atom stereocenters. The lowest BCUT2D eigenvalue weighted by molar-refractivity contribution is -0.127. The van der Waals surface area contributed by atoms with E-state index >= 15 is 0 Å². The summed E-state index contributed by atoms with van der Waals surface area (Å²) in [7, 11) is 0. The largest absolute Gasteiger partial charge is 0.449 e. The predicted octanol–water partition coefficient (Wildman–Crippen LogP) is 0.628. The van der Waals surface area contributed by atoms with Crippen LogP contribution in [0.5, 0.6) is 0 Å². The number of hydrogen-bond acceptors (Lipinski definition) is 4. The van der Waals surface area contributed by atoms with Gasteiger partial charge < -0.3 is 9.32 Å². The molecule has 68 valence electrons. The van der Waals surface area contributed by atoms with Gasteiger partial charge in [-0.2, -0.15) is 0 Å². The van der Waals surface area contributed by atoms with Crippen molar-refractivity contribution in [1.82, 2.24) is 0 Å². The highest BCUT2D eigenvalue weighted by molar-refractivity contribution is 6.05. The van der Waals surface area contributed by atoms with Gasteiger partial charge in [0, 0.05) is 6.07 Å². The van der Waals surface area contributed by atoms with Gasteiger partial charge in [-0.25, -0.2) is 0 Å². The summed E-state index contributed by atoms with van der Waals surface area (Å²) in [6.07, 6.45) is 1.59. The molecule has 13 heavy (non-hydrogen) atoms. The van der Waals surface area contributed by atoms with Crippen molar-refractivity contribution in [1.29, 1.82) is 0 Å². The summed E-state index contributed by atoms with van der Waals surface area (Å²) in [6, 6.07) is 3.48. The molecule has 1 aromatic rings. The SMILES string of the molecule is O=C1CC(=O)CN(c2ccco2)C1. The second-order valence-electron chi connectivity index (χ2n) is 3.06. The minimum atomic E-state index is -0.0485. The highest BCUT2D eigenvalue weighted by Crippen LogP contribution is 2.16. The molecule has 1 aromatic heterocycles. The number of rotatable bonds is 1. The van der Waals surface area contributed by atoms with Gasteiger partial charge >= 0.3 is 0 Å². The predicted molar refractivity (Wildman–Crippen MR) is 45.6 cm³/mol. The third-order valence-electron chi connectivity index (χ3n) is 1.95. The van der Waals surface area contributed by atoms with E-state index in [2.05, 4.69) is 0 Å². The third-order valence-corrected chi connectivity index (χ3v) is 1.95. The second-order valence-corrected chi connectivity index (χ2v) is 3.06. The molecule has 1 aliphatic heterocycles. The lowest BCUT2D eigenvalue weighted by atomic mass is 10.1. The number of carbonyl (C=O) groups excluding carboxylic acids is 2. The van der Waals surface area contributed by atoms with Gasteiger partial charge in [0.15, 0.2) is 17.5 Å². The number of furan rings is 1. The highest BCUT2D eigenvalue weighted by Gasteiger charge is 2.24. The first-order valence-electron chi connectivity index (χ1n) is 4.07. The zero-order valence-electron chi connectivity index (χ0n) is 7.03. The van der Waals surface area contributed by atoms with E-state index in [1.807, 2.05) is 0 Å². The van der Waals surface area contributed by atoms with Gasteiger partial charge in [0.25, 0.3) is 0 Å². The van der Waals surface area contributed by atoms with Crippen LogP contribution < -0.4 is 4.90 Å². The molecule has 0 radical (unpaired) electrons. The normalized spacial score (nSPS) is 18.0. The molecule has 2 rings (SSSR count). The molecule has 0 unspecified atom stereocenters. The fourth-order valence-electron chi connectivity index (χ4n) is 1.42. The Bertz CT molecular complexity index is 313. The van der Waals surface area contributed by atoms with Crippen molar-refractivity contribution in [3.63, 3.8) is 0 Å². The van der Waals surface area contributed by atoms with E-state index in [1.54, 1.807) is 17.0 Å². The Balaban J connectivity index is 2.16. The summed E-state index contributed by atoms with van der Waals surface area (Å²) in [4.78, 5) is 23.8. The van der Waals surface area contributed by atoms with Crippen LogP contribution in [-0.4, -0.2) is 24.7 Å². The molecule has 0 amide bonds. The van der Waals surface area contributed by atoms with Gasteiger partial charge in [0.05, 0.1) is 25.8 Å². The van der Waals surface area contributed by atoms with Gasteiger partial charge in [0.2, 0.25) is 0 Å². The van der Waals surface area contributed by atoms with Crippen LogP contribution >= 0.6 is 0 Å². The average Bonchev–Trinajstić information content (AvgIpc) is 2.53. The van der Waals surface area contributed by atoms with Crippen LogP contribution in [0.1, 0.15) is 6.42 Å². The molecular weight excluding hydrogens is 170 g/mol. The van der Waals surface area contributed by atoms with Crippen LogP contribution in [0.15, 0.2) is 22.8 Å². The van der Waals surface area contributed by atoms with Crippen molar-refractivity contribution in [2.45, 2.75) is 6.42 Å². The van der Waals surface area contributed by atoms with Crippen molar-refractivity contribution in [2.24, 2.45) is 0 Å². The first-order valence-corrected chi connectivity index (χ1v) is 4.07. The van der Waals surface area contributed by atoms with Crippen LogP contribution in [-0.2, 0) is 9.59 Å². The van der Waals surface area contributed by atoms with Gasteiger partial charge in [-0.15, -0.1) is 0 Å². The number of Topliss-reactive ketones (excluding diaryl/α,β-unsaturated/α-hetero) is 2. The zero-order valence-corrected chi connectivity index (χ0v) is 7.03. The lowest BCUT2D eigenvalue weighted by Crippen LogP contribution is -2.40. The van der Waals surface area contributed by atoms with Crippen molar-refractivity contribution < 1.29 is 14.0 Å². The van der Waals surface area contributed by atoms with E-state index in [-0.39, 0.29) is 31.1 Å². The smallest absolute Gasteiger partial charge is 0.195 e. The minimum Gasteiger partial charge on any atom is -0.449 e. The fraction of sp³-hybridized carbons (Fsp3) is 0.333. The van der Waals surface area contributed by atoms with E-state index in [0.717, 1.165) is 0 Å². The molecule has 2 heterocycles. The van der Waals surface area contributed by atoms with E-state index in [4.69, 9.17) is 4.42 Å². The van der Waals surface area contributed by atoms with E-state index in [0.29, 0.717) is 5.88 Å². The number of ketones is 2. The molecular formula is C9H9NO3. The number of hydrogen-bond donors (Lipinski definition) is 0. The standard InChI is InChI=1S/C9H9NO3/c11-7-4-8(12)6-10(5-7)9-2-1-3-13-9/h1-3H,4-6H2. The van der Waals surface area contributed by atoms with Crippen LogP contribution in [0.2, 0.25) is 0 Å². The average molecular weight is 179 g/mol. The second kappa shape index (κ2) is 3.05. The van der Waals surface area contributed by atoms with E-state index in [9.17, 15) is 9.59 Å². The summed E-state index contributed by atoms with van der Waals surface area (Å²) >= 11 is 0. The zero-order chi connectivity index (χ0) is 9.26. The Labute approximate surface area is 75.1 Å². The Morgan fingerprint density at radius 1 is 1.23 bits per heavy atom. The number of nitrogens with zero attached hydrogens (tertiary/aromatic N) is 1. The fourth-order valence-corrected chi connectivity index (χ4v) is 1.42.